The third kappa shape index (κ3) is 5.15. The number of aromatic nitrogens is 2. The van der Waals surface area contributed by atoms with Crippen LogP contribution >= 0.6 is 23.2 Å². The van der Waals surface area contributed by atoms with Crippen LogP contribution in [0, 0.1) is 0 Å². The summed E-state index contributed by atoms with van der Waals surface area (Å²) in [6.45, 7) is 2.70. The molecule has 30 heavy (non-hydrogen) atoms. The predicted molar refractivity (Wildman–Crippen MR) is 122 cm³/mol. The van der Waals surface area contributed by atoms with Crippen molar-refractivity contribution in [3.05, 3.63) is 76.3 Å². The number of ether oxygens (including phenoxy) is 1. The number of unbranched alkanes of at least 4 members (excludes halogenated alkanes) is 1. The highest BCUT2D eigenvalue weighted by Gasteiger charge is 2.17. The van der Waals surface area contributed by atoms with Gasteiger partial charge in [-0.05, 0) is 36.2 Å². The summed E-state index contributed by atoms with van der Waals surface area (Å²) < 4.78 is 7.02. The molecule has 3 aromatic rings. The fourth-order valence-electron chi connectivity index (χ4n) is 3.29. The lowest BCUT2D eigenvalue weighted by atomic mass is 10.1. The van der Waals surface area contributed by atoms with Crippen LogP contribution in [-0.2, 0) is 23.6 Å². The molecule has 0 bridgehead atoms. The number of anilines is 2. The average molecular weight is 446 g/mol. The third-order valence-electron chi connectivity index (χ3n) is 4.87. The molecule has 0 spiro atoms. The van der Waals surface area contributed by atoms with Crippen molar-refractivity contribution in [2.45, 2.75) is 38.6 Å². The van der Waals surface area contributed by atoms with Crippen molar-refractivity contribution in [3.63, 3.8) is 0 Å². The fraction of sp³-hybridized carbons (Fsp3) is 0.304. The van der Waals surface area contributed by atoms with Gasteiger partial charge in [0.05, 0.1) is 29.9 Å². The number of methoxy groups -OCH3 is 1. The molecule has 0 aliphatic carbocycles. The largest absolute Gasteiger partial charge is 0.465 e. The SMILES string of the molecule is CCCCc1nc(Cl)c(CCl)n1Cc1ccc(C(=O)OC)c(Nc2ccccc2)c1. The molecule has 158 valence electrons. The van der Waals surface area contributed by atoms with Gasteiger partial charge in [-0.15, -0.1) is 11.6 Å². The molecular formula is C23H25Cl2N3O2. The van der Waals surface area contributed by atoms with Gasteiger partial charge in [-0.25, -0.2) is 9.78 Å². The topological polar surface area (TPSA) is 56.2 Å². The number of carbonyl (C=O) groups excluding carboxylic acids is 1. The zero-order chi connectivity index (χ0) is 21.5. The first-order chi connectivity index (χ1) is 14.6. The minimum absolute atomic E-state index is 0.285. The number of para-hydroxylation sites is 1. The number of rotatable bonds is 9. The van der Waals surface area contributed by atoms with Crippen molar-refractivity contribution in [1.82, 2.24) is 9.55 Å². The molecular weight excluding hydrogens is 421 g/mol. The lowest BCUT2D eigenvalue weighted by molar-refractivity contribution is 0.0602. The summed E-state index contributed by atoms with van der Waals surface area (Å²) in [5.74, 6) is 0.815. The summed E-state index contributed by atoms with van der Waals surface area (Å²) >= 11 is 12.5. The minimum Gasteiger partial charge on any atom is -0.465 e. The molecule has 0 saturated heterocycles. The Labute approximate surface area is 187 Å². The maximum atomic E-state index is 12.3. The molecule has 1 aromatic heterocycles. The van der Waals surface area contributed by atoms with E-state index < -0.39 is 5.97 Å². The number of alkyl halides is 1. The number of benzene rings is 2. The molecule has 0 saturated carbocycles. The van der Waals surface area contributed by atoms with E-state index in [4.69, 9.17) is 27.9 Å². The van der Waals surface area contributed by atoms with Gasteiger partial charge in [0, 0.05) is 18.7 Å². The predicted octanol–water partition coefficient (Wildman–Crippen LogP) is 6.20. The van der Waals surface area contributed by atoms with E-state index in [1.165, 1.54) is 7.11 Å². The second kappa shape index (κ2) is 10.5. The van der Waals surface area contributed by atoms with Gasteiger partial charge in [-0.2, -0.15) is 0 Å². The van der Waals surface area contributed by atoms with Crippen molar-refractivity contribution < 1.29 is 9.53 Å². The van der Waals surface area contributed by atoms with E-state index in [0.717, 1.165) is 42.0 Å². The van der Waals surface area contributed by atoms with E-state index in [9.17, 15) is 4.79 Å². The Balaban J connectivity index is 1.97. The van der Waals surface area contributed by atoms with Crippen LogP contribution in [0.1, 0.15) is 47.2 Å². The Bertz CT molecular complexity index is 1000. The van der Waals surface area contributed by atoms with Crippen LogP contribution in [0.3, 0.4) is 0 Å². The van der Waals surface area contributed by atoms with Gasteiger partial charge in [-0.3, -0.25) is 0 Å². The molecule has 0 radical (unpaired) electrons. The van der Waals surface area contributed by atoms with E-state index in [1.807, 2.05) is 42.5 Å². The normalized spacial score (nSPS) is 10.8. The van der Waals surface area contributed by atoms with E-state index >= 15 is 0 Å². The number of nitrogens with one attached hydrogen (secondary N) is 1. The van der Waals surface area contributed by atoms with Crippen molar-refractivity contribution in [2.75, 3.05) is 12.4 Å². The highest BCUT2D eigenvalue weighted by atomic mass is 35.5. The quantitative estimate of drug-likeness (QED) is 0.314. The van der Waals surface area contributed by atoms with Crippen LogP contribution in [0.15, 0.2) is 48.5 Å². The van der Waals surface area contributed by atoms with Crippen LogP contribution in [-0.4, -0.2) is 22.6 Å². The number of nitrogens with zero attached hydrogens (tertiary/aromatic N) is 2. The van der Waals surface area contributed by atoms with Crippen LogP contribution in [0.2, 0.25) is 5.15 Å². The number of hydrogen-bond donors (Lipinski definition) is 1. The number of halogens is 2. The van der Waals surface area contributed by atoms with Crippen LogP contribution in [0.25, 0.3) is 0 Å². The molecule has 0 aliphatic rings. The first kappa shape index (κ1) is 22.2. The summed E-state index contributed by atoms with van der Waals surface area (Å²) in [7, 11) is 1.38. The highest BCUT2D eigenvalue weighted by Crippen LogP contribution is 2.26. The molecule has 0 fully saturated rings. The summed E-state index contributed by atoms with van der Waals surface area (Å²) in [5.41, 5.74) is 3.84. The van der Waals surface area contributed by atoms with Crippen molar-refractivity contribution in [2.24, 2.45) is 0 Å². The van der Waals surface area contributed by atoms with Gasteiger partial charge < -0.3 is 14.6 Å². The third-order valence-corrected chi connectivity index (χ3v) is 5.42. The smallest absolute Gasteiger partial charge is 0.339 e. The molecule has 5 nitrogen and oxygen atoms in total. The Morgan fingerprint density at radius 2 is 1.97 bits per heavy atom. The van der Waals surface area contributed by atoms with Gasteiger partial charge in [0.1, 0.15) is 5.82 Å². The monoisotopic (exact) mass is 445 g/mol. The van der Waals surface area contributed by atoms with Crippen molar-refractivity contribution in [1.29, 1.82) is 0 Å². The minimum atomic E-state index is -0.393. The zero-order valence-electron chi connectivity index (χ0n) is 17.1. The maximum Gasteiger partial charge on any atom is 0.339 e. The molecule has 1 heterocycles. The summed E-state index contributed by atoms with van der Waals surface area (Å²) in [6.07, 6.45) is 2.93. The van der Waals surface area contributed by atoms with Crippen molar-refractivity contribution in [3.8, 4) is 0 Å². The second-order valence-electron chi connectivity index (χ2n) is 6.95. The fourth-order valence-corrected chi connectivity index (χ4v) is 3.89. The summed E-state index contributed by atoms with van der Waals surface area (Å²) in [5, 5.41) is 3.77. The average Bonchev–Trinajstić information content (AvgIpc) is 3.06. The zero-order valence-corrected chi connectivity index (χ0v) is 18.6. The molecule has 7 heteroatoms. The lowest BCUT2D eigenvalue weighted by Crippen LogP contribution is -2.10. The molecule has 0 atom stereocenters. The van der Waals surface area contributed by atoms with E-state index in [2.05, 4.69) is 21.8 Å². The van der Waals surface area contributed by atoms with Crippen LogP contribution in [0.5, 0.6) is 0 Å². The van der Waals surface area contributed by atoms with E-state index in [1.54, 1.807) is 6.07 Å². The highest BCUT2D eigenvalue weighted by molar-refractivity contribution is 6.31. The Morgan fingerprint density at radius 3 is 2.63 bits per heavy atom. The molecule has 0 unspecified atom stereocenters. The second-order valence-corrected chi connectivity index (χ2v) is 7.58. The lowest BCUT2D eigenvalue weighted by Gasteiger charge is -2.15. The Hall–Kier alpha value is -2.50. The van der Waals surface area contributed by atoms with Crippen molar-refractivity contribution >= 4 is 40.5 Å². The summed E-state index contributed by atoms with van der Waals surface area (Å²) in [6, 6.07) is 15.3. The Morgan fingerprint density at radius 1 is 1.20 bits per heavy atom. The molecule has 0 amide bonds. The van der Waals surface area contributed by atoms with Gasteiger partial charge in [0.15, 0.2) is 5.15 Å². The maximum absolute atomic E-state index is 12.3. The van der Waals surface area contributed by atoms with Gasteiger partial charge in [-0.1, -0.05) is 49.2 Å². The first-order valence-electron chi connectivity index (χ1n) is 9.90. The number of imidazole rings is 1. The molecule has 3 rings (SSSR count). The first-order valence-corrected chi connectivity index (χ1v) is 10.8. The van der Waals surface area contributed by atoms with Gasteiger partial charge in [0.25, 0.3) is 0 Å². The number of carbonyl (C=O) groups is 1. The van der Waals surface area contributed by atoms with E-state index in [0.29, 0.717) is 22.9 Å². The number of esters is 1. The Kier molecular flexibility index (Phi) is 7.77. The van der Waals surface area contributed by atoms with Crippen LogP contribution < -0.4 is 5.32 Å². The van der Waals surface area contributed by atoms with E-state index in [-0.39, 0.29) is 5.88 Å². The number of hydrogen-bond acceptors (Lipinski definition) is 4. The van der Waals surface area contributed by atoms with Gasteiger partial charge in [0.2, 0.25) is 0 Å². The van der Waals surface area contributed by atoms with Gasteiger partial charge >= 0.3 is 5.97 Å². The molecule has 1 N–H and O–H groups in total. The molecule has 0 aliphatic heterocycles. The number of aryl methyl sites for hydroxylation is 1. The summed E-state index contributed by atoms with van der Waals surface area (Å²) in [4.78, 5) is 16.8. The van der Waals surface area contributed by atoms with Crippen LogP contribution in [0.4, 0.5) is 11.4 Å². The standard InChI is InChI=1S/C23H25Cl2N3O2/c1-3-4-10-21-27-22(25)20(14-24)28(21)15-16-11-12-18(23(29)30-2)19(13-16)26-17-8-6-5-7-9-17/h5-9,11-13,26H,3-4,10,14-15H2,1-2H3. The molecule has 2 aromatic carbocycles.